The zero-order valence-electron chi connectivity index (χ0n) is 20.7. The molecular weight excluding hydrogens is 487 g/mol. The zero-order chi connectivity index (χ0) is 26.4. The van der Waals surface area contributed by atoms with E-state index in [2.05, 4.69) is 4.98 Å². The lowest BCUT2D eigenvalue weighted by Gasteiger charge is -2.22. The molecule has 0 bridgehead atoms. The first-order valence-corrected chi connectivity index (χ1v) is 12.4. The molecule has 0 spiro atoms. The number of carbonyl (C=O) groups is 2. The number of aromatic nitrogens is 2. The number of ether oxygens (including phenoxy) is 3. The van der Waals surface area contributed by atoms with Gasteiger partial charge in [-0.1, -0.05) is 0 Å². The normalized spacial score (nSPS) is 18.9. The topological polar surface area (TPSA) is 161 Å². The molecule has 0 saturated carbocycles. The second-order valence-corrected chi connectivity index (χ2v) is 11.6. The van der Waals surface area contributed by atoms with Crippen molar-refractivity contribution in [3.63, 3.8) is 0 Å². The summed E-state index contributed by atoms with van der Waals surface area (Å²) in [4.78, 5) is 49.2. The summed E-state index contributed by atoms with van der Waals surface area (Å²) in [5.41, 5.74) is -2.78. The van der Waals surface area contributed by atoms with Gasteiger partial charge in [0, 0.05) is 12.3 Å². The average Bonchev–Trinajstić information content (AvgIpc) is 3.19. The molecule has 2 unspecified atom stereocenters. The summed E-state index contributed by atoms with van der Waals surface area (Å²) in [5, 5.41) is 0. The summed E-state index contributed by atoms with van der Waals surface area (Å²) in [6.07, 6.45) is 0.939. The van der Waals surface area contributed by atoms with Crippen LogP contribution in [-0.4, -0.2) is 47.8 Å². The maximum atomic E-state index is 13.1. The monoisotopic (exact) mass is 520 g/mol. The Balaban J connectivity index is 1.98. The van der Waals surface area contributed by atoms with Crippen LogP contribution in [0, 0.1) is 10.8 Å². The highest BCUT2D eigenvalue weighted by atomic mass is 31.2. The van der Waals surface area contributed by atoms with Gasteiger partial charge in [0.2, 0.25) is 13.6 Å². The van der Waals surface area contributed by atoms with Crippen molar-refractivity contribution in [3.05, 3.63) is 33.1 Å². The number of nitrogens with zero attached hydrogens (tertiary/aromatic N) is 1. The number of carbonyl (C=O) groups excluding carboxylic acids is 2. The van der Waals surface area contributed by atoms with E-state index < -0.39 is 67.8 Å². The number of aromatic amines is 1. The lowest BCUT2D eigenvalue weighted by atomic mass is 9.98. The lowest BCUT2D eigenvalue weighted by Crippen LogP contribution is -2.31. The Labute approximate surface area is 202 Å². The molecule has 1 saturated heterocycles. The summed E-state index contributed by atoms with van der Waals surface area (Å²) in [6, 6.07) is 1.20. The van der Waals surface area contributed by atoms with Crippen LogP contribution in [0.4, 0.5) is 0 Å². The van der Waals surface area contributed by atoms with Crippen LogP contribution in [0.5, 0.6) is 0 Å². The predicted octanol–water partition coefficient (Wildman–Crippen LogP) is 2.47. The minimum Gasteiger partial charge on any atom is -0.437 e. The van der Waals surface area contributed by atoms with Crippen molar-refractivity contribution in [3.8, 4) is 0 Å². The average molecular weight is 520 g/mol. The molecule has 2 heterocycles. The lowest BCUT2D eigenvalue weighted by molar-refractivity contribution is -0.163. The summed E-state index contributed by atoms with van der Waals surface area (Å²) in [6.45, 7) is 8.11. The van der Waals surface area contributed by atoms with E-state index in [1.807, 2.05) is 0 Å². The minimum absolute atomic E-state index is 0.258. The number of esters is 2. The van der Waals surface area contributed by atoms with Gasteiger partial charge in [0.1, 0.15) is 6.23 Å². The quantitative estimate of drug-likeness (QED) is 0.274. The van der Waals surface area contributed by atoms with E-state index in [4.69, 9.17) is 27.8 Å². The second kappa shape index (κ2) is 11.6. The Bertz CT molecular complexity index is 1010. The van der Waals surface area contributed by atoms with Crippen LogP contribution < -0.4 is 11.2 Å². The van der Waals surface area contributed by atoms with Crippen molar-refractivity contribution < 1.29 is 41.9 Å². The molecule has 2 rings (SSSR count). The molecule has 0 amide bonds. The number of rotatable bonds is 10. The highest BCUT2D eigenvalue weighted by molar-refractivity contribution is 7.48. The fourth-order valence-electron chi connectivity index (χ4n) is 2.68. The van der Waals surface area contributed by atoms with E-state index in [0.29, 0.717) is 12.8 Å². The highest BCUT2D eigenvalue weighted by Gasteiger charge is 2.35. The molecule has 35 heavy (non-hydrogen) atoms. The standard InChI is InChI=1S/C21H33N2O11P/c1-20(2,3)17(25)29-12-32-35(28,33-13-30-18(26)21(4,5)6)31-11-14-7-8-16(34-14)23-10-9-15(24)22-19(23)27/h9-10,14,16H,7-8,11-13H2,1-6H3,(H,22,24,27). The molecule has 1 aromatic rings. The van der Waals surface area contributed by atoms with Crippen LogP contribution in [0.25, 0.3) is 0 Å². The smallest absolute Gasteiger partial charge is 0.437 e. The van der Waals surface area contributed by atoms with E-state index in [1.165, 1.54) is 16.8 Å². The van der Waals surface area contributed by atoms with Gasteiger partial charge in [-0.3, -0.25) is 28.5 Å². The van der Waals surface area contributed by atoms with Crippen LogP contribution in [-0.2, 0) is 41.9 Å². The molecule has 1 aromatic heterocycles. The third-order valence-corrected chi connectivity index (χ3v) is 6.00. The molecule has 1 N–H and O–H groups in total. The first-order valence-electron chi connectivity index (χ1n) is 11.0. The summed E-state index contributed by atoms with van der Waals surface area (Å²) in [5.74, 6) is -1.20. The van der Waals surface area contributed by atoms with Gasteiger partial charge in [-0.2, -0.15) is 0 Å². The minimum atomic E-state index is -4.35. The molecule has 13 nitrogen and oxygen atoms in total. The number of hydrogen-bond acceptors (Lipinski definition) is 11. The Kier molecular flexibility index (Phi) is 9.60. The molecule has 14 heteroatoms. The largest absolute Gasteiger partial charge is 0.480 e. The first kappa shape index (κ1) is 28.9. The van der Waals surface area contributed by atoms with Crippen molar-refractivity contribution >= 4 is 19.8 Å². The maximum absolute atomic E-state index is 13.1. The molecule has 0 radical (unpaired) electrons. The van der Waals surface area contributed by atoms with Crippen LogP contribution in [0.3, 0.4) is 0 Å². The summed E-state index contributed by atoms with van der Waals surface area (Å²) in [7, 11) is -4.35. The molecule has 2 atom stereocenters. The SMILES string of the molecule is CC(C)(C)C(=O)OCOP(=O)(OCOC(=O)C(C)(C)C)OCC1CCC(n2ccc(=O)[nH]c2=O)O1. The predicted molar refractivity (Wildman–Crippen MR) is 121 cm³/mol. The van der Waals surface area contributed by atoms with E-state index in [9.17, 15) is 23.7 Å². The van der Waals surface area contributed by atoms with Crippen molar-refractivity contribution in [1.82, 2.24) is 9.55 Å². The number of H-pyrrole nitrogens is 1. The maximum Gasteiger partial charge on any atom is 0.480 e. The number of hydrogen-bond donors (Lipinski definition) is 1. The van der Waals surface area contributed by atoms with E-state index in [-0.39, 0.29) is 6.61 Å². The molecule has 1 aliphatic heterocycles. The van der Waals surface area contributed by atoms with Gasteiger partial charge in [-0.25, -0.2) is 18.4 Å². The molecule has 1 fully saturated rings. The van der Waals surface area contributed by atoms with Crippen LogP contribution >= 0.6 is 7.82 Å². The Morgan fingerprint density at radius 1 is 1.00 bits per heavy atom. The molecule has 0 aromatic carbocycles. The highest BCUT2D eigenvalue weighted by Crippen LogP contribution is 2.50. The molecule has 0 aliphatic carbocycles. The number of phosphoric acid groups is 1. The van der Waals surface area contributed by atoms with Crippen LogP contribution in [0.1, 0.15) is 60.6 Å². The Morgan fingerprint density at radius 2 is 1.54 bits per heavy atom. The third-order valence-electron chi connectivity index (χ3n) is 4.69. The Hall–Kier alpha value is -2.31. The van der Waals surface area contributed by atoms with Crippen LogP contribution in [0.2, 0.25) is 0 Å². The summed E-state index contributed by atoms with van der Waals surface area (Å²) < 4.78 is 45.5. The van der Waals surface area contributed by atoms with E-state index >= 15 is 0 Å². The van der Waals surface area contributed by atoms with Gasteiger partial charge in [0.15, 0.2) is 0 Å². The van der Waals surface area contributed by atoms with Crippen molar-refractivity contribution in [2.24, 2.45) is 10.8 Å². The fourth-order valence-corrected chi connectivity index (χ4v) is 3.61. The molecular formula is C21H33N2O11P. The van der Waals surface area contributed by atoms with Gasteiger partial charge in [-0.05, 0) is 54.4 Å². The van der Waals surface area contributed by atoms with E-state index in [0.717, 1.165) is 0 Å². The van der Waals surface area contributed by atoms with Crippen molar-refractivity contribution in [1.29, 1.82) is 0 Å². The van der Waals surface area contributed by atoms with Gasteiger partial charge in [0.05, 0.1) is 23.5 Å². The molecule has 198 valence electrons. The zero-order valence-corrected chi connectivity index (χ0v) is 21.6. The second-order valence-electron chi connectivity index (χ2n) is 9.91. The third kappa shape index (κ3) is 9.01. The number of phosphoric ester groups is 1. The Morgan fingerprint density at radius 3 is 2.03 bits per heavy atom. The van der Waals surface area contributed by atoms with Crippen molar-refractivity contribution in [2.75, 3.05) is 20.2 Å². The van der Waals surface area contributed by atoms with Gasteiger partial charge in [0.25, 0.3) is 5.56 Å². The summed E-state index contributed by atoms with van der Waals surface area (Å²) >= 11 is 0. The van der Waals surface area contributed by atoms with Crippen LogP contribution in [0.15, 0.2) is 21.9 Å². The first-order chi connectivity index (χ1) is 16.1. The van der Waals surface area contributed by atoms with Gasteiger partial charge >= 0.3 is 25.5 Å². The van der Waals surface area contributed by atoms with Gasteiger partial charge < -0.3 is 14.2 Å². The number of nitrogens with one attached hydrogen (secondary N) is 1. The van der Waals surface area contributed by atoms with E-state index in [1.54, 1.807) is 41.5 Å². The van der Waals surface area contributed by atoms with Gasteiger partial charge in [-0.15, -0.1) is 0 Å². The van der Waals surface area contributed by atoms with Crippen molar-refractivity contribution in [2.45, 2.75) is 66.7 Å². The fraction of sp³-hybridized carbons (Fsp3) is 0.714. The molecule has 1 aliphatic rings.